The van der Waals surface area contributed by atoms with Gasteiger partial charge in [0.15, 0.2) is 0 Å². The van der Waals surface area contributed by atoms with Gasteiger partial charge in [-0.1, -0.05) is 18.2 Å². The molecule has 0 saturated carbocycles. The van der Waals surface area contributed by atoms with Crippen molar-refractivity contribution in [3.63, 3.8) is 0 Å². The molecule has 1 amide bonds. The average Bonchev–Trinajstić information content (AvgIpc) is 2.41. The Balaban J connectivity index is 1.86. The maximum Gasteiger partial charge on any atom is 0.270 e. The molecular weight excluding hydrogens is 250 g/mol. The van der Waals surface area contributed by atoms with Gasteiger partial charge in [0.1, 0.15) is 11.5 Å². The van der Waals surface area contributed by atoms with Gasteiger partial charge in [-0.3, -0.25) is 4.79 Å². The molecule has 98 valence electrons. The molecule has 5 heteroatoms. The highest BCUT2D eigenvalue weighted by Gasteiger charge is 2.07. The number of carbonyl (C=O) groups excluding carboxylic acids is 1. The van der Waals surface area contributed by atoms with E-state index in [1.54, 1.807) is 12.1 Å². The molecule has 0 unspecified atom stereocenters. The van der Waals surface area contributed by atoms with Crippen LogP contribution in [0.1, 0.15) is 16.1 Å². The van der Waals surface area contributed by atoms with E-state index in [1.165, 1.54) is 30.3 Å². The van der Waals surface area contributed by atoms with E-state index >= 15 is 0 Å². The zero-order chi connectivity index (χ0) is 13.7. The van der Waals surface area contributed by atoms with Crippen LogP contribution in [-0.2, 0) is 6.42 Å². The van der Waals surface area contributed by atoms with E-state index in [9.17, 15) is 13.6 Å². The molecule has 0 aliphatic rings. The van der Waals surface area contributed by atoms with E-state index in [2.05, 4.69) is 10.3 Å². The van der Waals surface area contributed by atoms with Crippen LogP contribution in [0.25, 0.3) is 0 Å². The van der Waals surface area contributed by atoms with Crippen LogP contribution in [0, 0.1) is 11.8 Å². The number of nitrogens with one attached hydrogen (secondary N) is 1. The van der Waals surface area contributed by atoms with Crippen molar-refractivity contribution < 1.29 is 13.6 Å². The first kappa shape index (κ1) is 13.1. The Morgan fingerprint density at radius 2 is 1.84 bits per heavy atom. The maximum absolute atomic E-state index is 12.8. The van der Waals surface area contributed by atoms with Gasteiger partial charge in [0.25, 0.3) is 5.91 Å². The average molecular weight is 262 g/mol. The normalized spacial score (nSPS) is 10.2. The first-order valence-corrected chi connectivity index (χ1v) is 5.80. The maximum atomic E-state index is 12.8. The zero-order valence-corrected chi connectivity index (χ0v) is 10.1. The molecule has 3 nitrogen and oxygen atoms in total. The van der Waals surface area contributed by atoms with Gasteiger partial charge >= 0.3 is 0 Å². The summed E-state index contributed by atoms with van der Waals surface area (Å²) >= 11 is 0. The number of benzene rings is 1. The molecule has 2 aromatic rings. The number of rotatable bonds is 4. The summed E-state index contributed by atoms with van der Waals surface area (Å²) in [6.45, 7) is 0.378. The van der Waals surface area contributed by atoms with Crippen molar-refractivity contribution in [3.05, 3.63) is 65.5 Å². The smallest absolute Gasteiger partial charge is 0.270 e. The number of aromatic nitrogens is 1. The molecule has 0 spiro atoms. The number of amides is 1. The van der Waals surface area contributed by atoms with E-state index in [1.807, 2.05) is 0 Å². The molecule has 1 aromatic heterocycles. The highest BCUT2D eigenvalue weighted by molar-refractivity contribution is 5.92. The summed E-state index contributed by atoms with van der Waals surface area (Å²) in [7, 11) is 0. The molecule has 0 atom stereocenters. The predicted molar refractivity (Wildman–Crippen MR) is 66.6 cm³/mol. The van der Waals surface area contributed by atoms with Crippen LogP contribution in [0.2, 0.25) is 0 Å². The molecule has 2 rings (SSSR count). The van der Waals surface area contributed by atoms with E-state index in [0.717, 1.165) is 5.56 Å². The van der Waals surface area contributed by atoms with Crippen molar-refractivity contribution in [2.75, 3.05) is 6.54 Å². The number of pyridine rings is 1. The van der Waals surface area contributed by atoms with Gasteiger partial charge < -0.3 is 5.32 Å². The van der Waals surface area contributed by atoms with Gasteiger partial charge in [-0.05, 0) is 36.2 Å². The number of halogens is 2. The van der Waals surface area contributed by atoms with Gasteiger partial charge in [0, 0.05) is 6.54 Å². The Morgan fingerprint density at radius 1 is 1.11 bits per heavy atom. The predicted octanol–water partition coefficient (Wildman–Crippen LogP) is 2.33. The topological polar surface area (TPSA) is 42.0 Å². The summed E-state index contributed by atoms with van der Waals surface area (Å²) < 4.78 is 25.5. The Bertz CT molecular complexity index is 570. The van der Waals surface area contributed by atoms with E-state index in [4.69, 9.17) is 0 Å². The summed E-state index contributed by atoms with van der Waals surface area (Å²) in [5.74, 6) is -1.41. The quantitative estimate of drug-likeness (QED) is 0.859. The summed E-state index contributed by atoms with van der Waals surface area (Å²) in [5.41, 5.74) is 0.952. The minimum absolute atomic E-state index is 0.0408. The van der Waals surface area contributed by atoms with Crippen LogP contribution in [0.15, 0.2) is 42.5 Å². The van der Waals surface area contributed by atoms with Crippen LogP contribution in [-0.4, -0.2) is 17.4 Å². The van der Waals surface area contributed by atoms with Crippen LogP contribution < -0.4 is 5.32 Å². The van der Waals surface area contributed by atoms with Crippen molar-refractivity contribution in [2.45, 2.75) is 6.42 Å². The van der Waals surface area contributed by atoms with Gasteiger partial charge in [0.05, 0.1) is 0 Å². The first-order valence-electron chi connectivity index (χ1n) is 5.80. The SMILES string of the molecule is O=C(NCCc1ccc(F)cc1)c1cccc(F)n1. The van der Waals surface area contributed by atoms with Gasteiger partial charge in [0.2, 0.25) is 5.95 Å². The summed E-state index contributed by atoms with van der Waals surface area (Å²) in [5, 5.41) is 2.63. The van der Waals surface area contributed by atoms with Crippen LogP contribution in [0.4, 0.5) is 8.78 Å². The molecule has 1 heterocycles. The Hall–Kier alpha value is -2.30. The highest BCUT2D eigenvalue weighted by atomic mass is 19.1. The molecule has 0 bridgehead atoms. The Labute approximate surface area is 109 Å². The zero-order valence-electron chi connectivity index (χ0n) is 10.1. The van der Waals surface area contributed by atoms with Crippen molar-refractivity contribution in [3.8, 4) is 0 Å². The fourth-order valence-corrected chi connectivity index (χ4v) is 1.60. The molecule has 19 heavy (non-hydrogen) atoms. The van der Waals surface area contributed by atoms with Gasteiger partial charge in [-0.15, -0.1) is 0 Å². The third kappa shape index (κ3) is 3.84. The number of hydrogen-bond acceptors (Lipinski definition) is 2. The first-order chi connectivity index (χ1) is 9.15. The summed E-state index contributed by atoms with van der Waals surface area (Å²) in [6.07, 6.45) is 0.571. The second kappa shape index (κ2) is 6.04. The van der Waals surface area contributed by atoms with Crippen LogP contribution >= 0.6 is 0 Å². The molecule has 0 fully saturated rings. The van der Waals surface area contributed by atoms with Crippen LogP contribution in [0.5, 0.6) is 0 Å². The van der Waals surface area contributed by atoms with Crippen molar-refractivity contribution in [1.29, 1.82) is 0 Å². The second-order valence-corrected chi connectivity index (χ2v) is 3.98. The van der Waals surface area contributed by atoms with E-state index in [0.29, 0.717) is 13.0 Å². The Morgan fingerprint density at radius 3 is 2.53 bits per heavy atom. The Kier molecular flexibility index (Phi) is 4.18. The largest absolute Gasteiger partial charge is 0.350 e. The van der Waals surface area contributed by atoms with Crippen molar-refractivity contribution in [2.24, 2.45) is 0 Å². The lowest BCUT2D eigenvalue weighted by Gasteiger charge is -2.05. The molecule has 0 radical (unpaired) electrons. The molecule has 0 aliphatic carbocycles. The molecule has 1 aromatic carbocycles. The fraction of sp³-hybridized carbons (Fsp3) is 0.143. The number of hydrogen-bond donors (Lipinski definition) is 1. The minimum Gasteiger partial charge on any atom is -0.350 e. The lowest BCUT2D eigenvalue weighted by atomic mass is 10.1. The summed E-state index contributed by atoms with van der Waals surface area (Å²) in [6, 6.07) is 10.1. The van der Waals surface area contributed by atoms with Gasteiger partial charge in [-0.2, -0.15) is 4.39 Å². The van der Waals surface area contributed by atoms with E-state index in [-0.39, 0.29) is 11.5 Å². The number of nitrogens with zero attached hydrogens (tertiary/aromatic N) is 1. The van der Waals surface area contributed by atoms with Crippen molar-refractivity contribution >= 4 is 5.91 Å². The second-order valence-electron chi connectivity index (χ2n) is 3.98. The standard InChI is InChI=1S/C14H12F2N2O/c15-11-6-4-10(5-7-11)8-9-17-14(19)12-2-1-3-13(16)18-12/h1-7H,8-9H2,(H,17,19). The minimum atomic E-state index is -0.689. The lowest BCUT2D eigenvalue weighted by Crippen LogP contribution is -2.26. The number of carbonyl (C=O) groups is 1. The molecule has 0 saturated heterocycles. The highest BCUT2D eigenvalue weighted by Crippen LogP contribution is 2.03. The monoisotopic (exact) mass is 262 g/mol. The van der Waals surface area contributed by atoms with Crippen LogP contribution in [0.3, 0.4) is 0 Å². The fourth-order valence-electron chi connectivity index (χ4n) is 1.60. The van der Waals surface area contributed by atoms with E-state index < -0.39 is 11.9 Å². The lowest BCUT2D eigenvalue weighted by molar-refractivity contribution is 0.0948. The molecular formula is C14H12F2N2O. The molecule has 0 aliphatic heterocycles. The third-order valence-electron chi connectivity index (χ3n) is 2.56. The van der Waals surface area contributed by atoms with Crippen molar-refractivity contribution in [1.82, 2.24) is 10.3 Å². The summed E-state index contributed by atoms with van der Waals surface area (Å²) in [4.78, 5) is 15.1. The third-order valence-corrected chi connectivity index (χ3v) is 2.56. The molecule has 1 N–H and O–H groups in total. The van der Waals surface area contributed by atoms with Gasteiger partial charge in [-0.25, -0.2) is 9.37 Å².